The standard InChI is InChI=1S/C21H20N2O6/c24-19(22-15-4-2-1-3-5-15)13-29-21(26)14-10-20(25)23(12-14)16-6-7-17-18(11-16)28-9-8-27-17/h1-7,11,14H,8-10,12-13H2,(H,22,24)/t14-/m1/s1. The van der Waals surface area contributed by atoms with Crippen molar-refractivity contribution in [3.05, 3.63) is 48.5 Å². The predicted octanol–water partition coefficient (Wildman–Crippen LogP) is 1.99. The van der Waals surface area contributed by atoms with E-state index in [0.717, 1.165) is 0 Å². The number of hydrogen-bond donors (Lipinski definition) is 1. The van der Waals surface area contributed by atoms with E-state index in [-0.39, 0.29) is 18.9 Å². The minimum atomic E-state index is -0.625. The fourth-order valence-electron chi connectivity index (χ4n) is 3.29. The van der Waals surface area contributed by atoms with Gasteiger partial charge >= 0.3 is 5.97 Å². The number of carbonyl (C=O) groups is 3. The molecule has 4 rings (SSSR count). The van der Waals surface area contributed by atoms with Gasteiger partial charge in [0.1, 0.15) is 13.2 Å². The lowest BCUT2D eigenvalue weighted by Crippen LogP contribution is -2.28. The van der Waals surface area contributed by atoms with Crippen molar-refractivity contribution < 1.29 is 28.6 Å². The molecule has 2 aromatic rings. The summed E-state index contributed by atoms with van der Waals surface area (Å²) in [7, 11) is 0. The number of para-hydroxylation sites is 1. The van der Waals surface area contributed by atoms with Gasteiger partial charge in [0.15, 0.2) is 18.1 Å². The molecule has 0 unspecified atom stereocenters. The van der Waals surface area contributed by atoms with Gasteiger partial charge in [-0.2, -0.15) is 0 Å². The van der Waals surface area contributed by atoms with Gasteiger partial charge in [0.05, 0.1) is 5.92 Å². The van der Waals surface area contributed by atoms with Crippen molar-refractivity contribution in [1.82, 2.24) is 0 Å². The lowest BCUT2D eigenvalue weighted by Gasteiger charge is -2.22. The van der Waals surface area contributed by atoms with Gasteiger partial charge < -0.3 is 24.4 Å². The number of benzene rings is 2. The first-order chi connectivity index (χ1) is 14.1. The van der Waals surface area contributed by atoms with Crippen molar-refractivity contribution >= 4 is 29.2 Å². The number of anilines is 2. The van der Waals surface area contributed by atoms with E-state index in [9.17, 15) is 14.4 Å². The zero-order valence-corrected chi connectivity index (χ0v) is 15.6. The van der Waals surface area contributed by atoms with Crippen molar-refractivity contribution in [2.45, 2.75) is 6.42 Å². The van der Waals surface area contributed by atoms with Crippen LogP contribution in [-0.4, -0.2) is 44.1 Å². The van der Waals surface area contributed by atoms with Crippen LogP contribution >= 0.6 is 0 Å². The van der Waals surface area contributed by atoms with Crippen molar-refractivity contribution in [3.63, 3.8) is 0 Å². The largest absolute Gasteiger partial charge is 0.486 e. The van der Waals surface area contributed by atoms with Gasteiger partial charge in [-0.05, 0) is 24.3 Å². The fraction of sp³-hybridized carbons (Fsp3) is 0.286. The summed E-state index contributed by atoms with van der Waals surface area (Å²) in [6.07, 6.45) is 0.0353. The van der Waals surface area contributed by atoms with Crippen LogP contribution in [0.15, 0.2) is 48.5 Å². The maximum Gasteiger partial charge on any atom is 0.311 e. The normalized spacial score (nSPS) is 17.7. The Kier molecular flexibility index (Phi) is 5.33. The monoisotopic (exact) mass is 396 g/mol. The van der Waals surface area contributed by atoms with Crippen LogP contribution in [0.4, 0.5) is 11.4 Å². The van der Waals surface area contributed by atoms with Crippen molar-refractivity contribution in [2.75, 3.05) is 36.6 Å². The number of nitrogens with one attached hydrogen (secondary N) is 1. The smallest absolute Gasteiger partial charge is 0.311 e. The van der Waals surface area contributed by atoms with Crippen LogP contribution in [0, 0.1) is 5.92 Å². The van der Waals surface area contributed by atoms with Gasteiger partial charge in [-0.25, -0.2) is 0 Å². The molecule has 0 aliphatic carbocycles. The third kappa shape index (κ3) is 4.31. The molecule has 29 heavy (non-hydrogen) atoms. The van der Waals surface area contributed by atoms with E-state index >= 15 is 0 Å². The Hall–Kier alpha value is -3.55. The molecule has 0 spiro atoms. The minimum Gasteiger partial charge on any atom is -0.486 e. The molecule has 1 N–H and O–H groups in total. The van der Waals surface area contributed by atoms with Crippen molar-refractivity contribution in [1.29, 1.82) is 0 Å². The number of amides is 2. The molecule has 0 saturated carbocycles. The van der Waals surface area contributed by atoms with Crippen LogP contribution in [-0.2, 0) is 19.1 Å². The van der Waals surface area contributed by atoms with Crippen LogP contribution in [0.3, 0.4) is 0 Å². The van der Waals surface area contributed by atoms with E-state index in [2.05, 4.69) is 5.32 Å². The van der Waals surface area contributed by atoms with E-state index in [1.165, 1.54) is 4.90 Å². The summed E-state index contributed by atoms with van der Waals surface area (Å²) in [5.41, 5.74) is 1.26. The fourth-order valence-corrected chi connectivity index (χ4v) is 3.29. The summed E-state index contributed by atoms with van der Waals surface area (Å²) in [6, 6.07) is 14.1. The zero-order chi connectivity index (χ0) is 20.2. The molecule has 1 fully saturated rings. The molecule has 8 heteroatoms. The van der Waals surface area contributed by atoms with Crippen LogP contribution < -0.4 is 19.7 Å². The number of ether oxygens (including phenoxy) is 3. The summed E-state index contributed by atoms with van der Waals surface area (Å²) in [5, 5.41) is 2.64. The number of esters is 1. The third-order valence-electron chi connectivity index (χ3n) is 4.70. The SMILES string of the molecule is O=C(COC(=O)[C@@H]1CC(=O)N(c2ccc3c(c2)OCCO3)C1)Nc1ccccc1. The van der Waals surface area contributed by atoms with E-state index in [1.54, 1.807) is 42.5 Å². The van der Waals surface area contributed by atoms with E-state index in [4.69, 9.17) is 14.2 Å². The molecule has 2 heterocycles. The molecular formula is C21H20N2O6. The molecule has 1 atom stereocenters. The van der Waals surface area contributed by atoms with Crippen LogP contribution in [0.1, 0.15) is 6.42 Å². The van der Waals surface area contributed by atoms with Gasteiger partial charge in [-0.15, -0.1) is 0 Å². The molecule has 0 bridgehead atoms. The average Bonchev–Trinajstić information content (AvgIpc) is 3.14. The predicted molar refractivity (Wildman–Crippen MR) is 104 cm³/mol. The van der Waals surface area contributed by atoms with E-state index in [0.29, 0.717) is 36.1 Å². The first kappa shape index (κ1) is 18.8. The molecule has 8 nitrogen and oxygen atoms in total. The highest BCUT2D eigenvalue weighted by Gasteiger charge is 2.36. The first-order valence-electron chi connectivity index (χ1n) is 9.32. The Morgan fingerprint density at radius 3 is 2.62 bits per heavy atom. The van der Waals surface area contributed by atoms with Crippen LogP contribution in [0.25, 0.3) is 0 Å². The molecule has 2 aliphatic rings. The van der Waals surface area contributed by atoms with Crippen molar-refractivity contribution in [2.24, 2.45) is 5.92 Å². The maximum absolute atomic E-state index is 12.4. The Morgan fingerprint density at radius 1 is 1.07 bits per heavy atom. The number of carbonyl (C=O) groups excluding carboxylic acids is 3. The van der Waals surface area contributed by atoms with Gasteiger partial charge in [0, 0.05) is 30.4 Å². The lowest BCUT2D eigenvalue weighted by molar-refractivity contribution is -0.151. The molecule has 2 aromatic carbocycles. The number of nitrogens with zero attached hydrogens (tertiary/aromatic N) is 1. The van der Waals surface area contributed by atoms with Crippen LogP contribution in [0.5, 0.6) is 11.5 Å². The van der Waals surface area contributed by atoms with Gasteiger partial charge in [-0.3, -0.25) is 14.4 Å². The summed E-state index contributed by atoms with van der Waals surface area (Å²) >= 11 is 0. The Bertz CT molecular complexity index is 930. The summed E-state index contributed by atoms with van der Waals surface area (Å²) in [4.78, 5) is 38.2. The summed E-state index contributed by atoms with van der Waals surface area (Å²) in [6.45, 7) is 0.727. The molecule has 0 aromatic heterocycles. The molecule has 2 aliphatic heterocycles. The van der Waals surface area contributed by atoms with E-state index < -0.39 is 24.4 Å². The van der Waals surface area contributed by atoms with Gasteiger partial charge in [0.25, 0.3) is 5.91 Å². The second-order valence-corrected chi connectivity index (χ2v) is 6.76. The number of rotatable bonds is 5. The highest BCUT2D eigenvalue weighted by Crippen LogP contribution is 2.36. The lowest BCUT2D eigenvalue weighted by atomic mass is 10.1. The van der Waals surface area contributed by atoms with Crippen molar-refractivity contribution in [3.8, 4) is 11.5 Å². The Balaban J connectivity index is 1.33. The molecular weight excluding hydrogens is 376 g/mol. The Morgan fingerprint density at radius 2 is 1.83 bits per heavy atom. The number of fused-ring (bicyclic) bond motifs is 1. The molecule has 0 radical (unpaired) electrons. The number of hydrogen-bond acceptors (Lipinski definition) is 6. The third-order valence-corrected chi connectivity index (χ3v) is 4.70. The van der Waals surface area contributed by atoms with Crippen LogP contribution in [0.2, 0.25) is 0 Å². The zero-order valence-electron chi connectivity index (χ0n) is 15.6. The average molecular weight is 396 g/mol. The van der Waals surface area contributed by atoms with E-state index in [1.807, 2.05) is 6.07 Å². The summed E-state index contributed by atoms with van der Waals surface area (Å²) < 4.78 is 16.1. The Labute approximate surface area is 167 Å². The summed E-state index contributed by atoms with van der Waals surface area (Å²) in [5.74, 6) is -0.603. The topological polar surface area (TPSA) is 94.2 Å². The maximum atomic E-state index is 12.4. The highest BCUT2D eigenvalue weighted by atomic mass is 16.6. The highest BCUT2D eigenvalue weighted by molar-refractivity contribution is 6.00. The molecule has 150 valence electrons. The minimum absolute atomic E-state index is 0.0353. The first-order valence-corrected chi connectivity index (χ1v) is 9.32. The molecule has 1 saturated heterocycles. The van der Waals surface area contributed by atoms with Gasteiger partial charge in [0.2, 0.25) is 5.91 Å². The van der Waals surface area contributed by atoms with Gasteiger partial charge in [-0.1, -0.05) is 18.2 Å². The quantitative estimate of drug-likeness (QED) is 0.777. The second-order valence-electron chi connectivity index (χ2n) is 6.76. The molecule has 2 amide bonds. The second kappa shape index (κ2) is 8.22.